The smallest absolute Gasteiger partial charge is 0.271 e. The van der Waals surface area contributed by atoms with E-state index in [1.54, 1.807) is 23.7 Å². The molecule has 6 heteroatoms. The molecule has 0 saturated heterocycles. The van der Waals surface area contributed by atoms with Gasteiger partial charge in [0.2, 0.25) is 0 Å². The number of fused-ring (bicyclic) bond motifs is 1. The molecule has 1 N–H and O–H groups in total. The summed E-state index contributed by atoms with van der Waals surface area (Å²) < 4.78 is 1.89. The number of nitrogens with one attached hydrogen (secondary N) is 1. The molecule has 4 aromatic rings. The first kappa shape index (κ1) is 14.6. The highest BCUT2D eigenvalue weighted by Gasteiger charge is 2.13. The minimum Gasteiger partial charge on any atom is -0.345 e. The third kappa shape index (κ3) is 2.91. The van der Waals surface area contributed by atoms with Gasteiger partial charge in [-0.2, -0.15) is 0 Å². The Labute approximate surface area is 142 Å². The van der Waals surface area contributed by atoms with E-state index in [0.717, 1.165) is 21.1 Å². The summed E-state index contributed by atoms with van der Waals surface area (Å²) in [5.74, 6) is -0.196. The molecule has 4 rings (SSSR count). The van der Waals surface area contributed by atoms with Gasteiger partial charge in [-0.3, -0.25) is 14.2 Å². The second-order valence-electron chi connectivity index (χ2n) is 5.28. The molecular formula is C18H14N4OS. The molecule has 0 atom stereocenters. The minimum atomic E-state index is -0.196. The average Bonchev–Trinajstić information content (AvgIpc) is 3.20. The highest BCUT2D eigenvalue weighted by atomic mass is 32.1. The summed E-state index contributed by atoms with van der Waals surface area (Å²) in [6.45, 7) is 0.389. The van der Waals surface area contributed by atoms with Gasteiger partial charge in [0.1, 0.15) is 5.69 Å². The van der Waals surface area contributed by atoms with E-state index in [1.165, 1.54) is 0 Å². The van der Waals surface area contributed by atoms with Gasteiger partial charge in [0, 0.05) is 18.6 Å². The molecule has 0 radical (unpaired) electrons. The van der Waals surface area contributed by atoms with Crippen molar-refractivity contribution in [2.45, 2.75) is 6.54 Å². The molecule has 5 nitrogen and oxygen atoms in total. The molecule has 0 unspecified atom stereocenters. The van der Waals surface area contributed by atoms with Crippen LogP contribution in [0.1, 0.15) is 16.2 Å². The van der Waals surface area contributed by atoms with Gasteiger partial charge in [-0.25, -0.2) is 4.98 Å². The number of hydrogen-bond donors (Lipinski definition) is 1. The summed E-state index contributed by atoms with van der Waals surface area (Å²) in [5.41, 5.74) is 2.38. The van der Waals surface area contributed by atoms with E-state index in [0.29, 0.717) is 12.2 Å². The number of hydrogen-bond acceptors (Lipinski definition) is 4. The Balaban J connectivity index is 1.51. The first-order valence-corrected chi connectivity index (χ1v) is 8.33. The van der Waals surface area contributed by atoms with E-state index in [4.69, 9.17) is 0 Å². The number of pyridine rings is 1. The normalized spacial score (nSPS) is 10.8. The van der Waals surface area contributed by atoms with E-state index in [9.17, 15) is 4.79 Å². The molecule has 118 valence electrons. The second kappa shape index (κ2) is 6.25. The van der Waals surface area contributed by atoms with Crippen LogP contribution in [0.4, 0.5) is 0 Å². The van der Waals surface area contributed by atoms with Crippen LogP contribution in [0, 0.1) is 0 Å². The van der Waals surface area contributed by atoms with Crippen molar-refractivity contribution in [1.29, 1.82) is 0 Å². The monoisotopic (exact) mass is 334 g/mol. The number of carbonyl (C=O) groups is 1. The first-order chi connectivity index (χ1) is 11.8. The molecule has 24 heavy (non-hydrogen) atoms. The zero-order valence-electron chi connectivity index (χ0n) is 12.7. The van der Waals surface area contributed by atoms with Crippen molar-refractivity contribution in [3.05, 3.63) is 78.5 Å². The number of nitrogens with zero attached hydrogens (tertiary/aromatic N) is 3. The highest BCUT2D eigenvalue weighted by Crippen LogP contribution is 2.28. The van der Waals surface area contributed by atoms with Crippen LogP contribution < -0.4 is 5.32 Å². The van der Waals surface area contributed by atoms with Crippen molar-refractivity contribution in [2.24, 2.45) is 0 Å². The van der Waals surface area contributed by atoms with Crippen molar-refractivity contribution < 1.29 is 4.79 Å². The minimum absolute atomic E-state index is 0.196. The Morgan fingerprint density at radius 2 is 1.92 bits per heavy atom. The van der Waals surface area contributed by atoms with Gasteiger partial charge in [0.25, 0.3) is 5.91 Å². The van der Waals surface area contributed by atoms with Crippen LogP contribution in [0.2, 0.25) is 0 Å². The van der Waals surface area contributed by atoms with Gasteiger partial charge in [-0.15, -0.1) is 0 Å². The predicted molar refractivity (Wildman–Crippen MR) is 93.9 cm³/mol. The zero-order chi connectivity index (χ0) is 16.4. The molecule has 0 spiro atoms. The molecule has 0 fully saturated rings. The molecule has 3 heterocycles. The molecular weight excluding hydrogens is 320 g/mol. The van der Waals surface area contributed by atoms with E-state index in [2.05, 4.69) is 27.4 Å². The summed E-state index contributed by atoms with van der Waals surface area (Å²) in [5, 5.41) is 2.84. The summed E-state index contributed by atoms with van der Waals surface area (Å²) in [4.78, 5) is 22.8. The molecule has 0 saturated carbocycles. The lowest BCUT2D eigenvalue weighted by Crippen LogP contribution is -2.23. The number of benzene rings is 1. The maximum Gasteiger partial charge on any atom is 0.271 e. The van der Waals surface area contributed by atoms with Crippen LogP contribution >= 0.6 is 11.3 Å². The number of rotatable bonds is 4. The predicted octanol–water partition coefficient (Wildman–Crippen LogP) is 3.39. The lowest BCUT2D eigenvalue weighted by atomic mass is 10.2. The van der Waals surface area contributed by atoms with Crippen molar-refractivity contribution in [3.8, 4) is 10.4 Å². The van der Waals surface area contributed by atoms with Gasteiger partial charge >= 0.3 is 0 Å². The number of imidazole rings is 1. The molecule has 0 aliphatic rings. The Morgan fingerprint density at radius 3 is 2.67 bits per heavy atom. The third-order valence-electron chi connectivity index (χ3n) is 3.60. The van der Waals surface area contributed by atoms with Crippen LogP contribution in [-0.4, -0.2) is 20.3 Å². The molecule has 1 amide bonds. The molecule has 3 aromatic heterocycles. The fourth-order valence-corrected chi connectivity index (χ4v) is 3.38. The molecule has 0 aliphatic heterocycles. The number of amides is 1. The lowest BCUT2D eigenvalue weighted by Gasteiger charge is -2.01. The fourth-order valence-electron chi connectivity index (χ4n) is 2.41. The van der Waals surface area contributed by atoms with Crippen molar-refractivity contribution in [3.63, 3.8) is 0 Å². The van der Waals surface area contributed by atoms with Gasteiger partial charge in [-0.05, 0) is 17.7 Å². The van der Waals surface area contributed by atoms with E-state index >= 15 is 0 Å². The summed E-state index contributed by atoms with van der Waals surface area (Å²) in [7, 11) is 0. The molecule has 0 aliphatic carbocycles. The average molecular weight is 334 g/mol. The van der Waals surface area contributed by atoms with Crippen molar-refractivity contribution in [1.82, 2.24) is 19.7 Å². The van der Waals surface area contributed by atoms with Gasteiger partial charge in [0.15, 0.2) is 4.96 Å². The number of aromatic nitrogens is 3. The van der Waals surface area contributed by atoms with Crippen LogP contribution in [0.5, 0.6) is 0 Å². The van der Waals surface area contributed by atoms with Crippen LogP contribution in [0.3, 0.4) is 0 Å². The Bertz CT molecular complexity index is 945. The maximum absolute atomic E-state index is 12.2. The second-order valence-corrected chi connectivity index (χ2v) is 6.29. The Kier molecular flexibility index (Phi) is 3.80. The summed E-state index contributed by atoms with van der Waals surface area (Å²) in [6, 6.07) is 15.7. The lowest BCUT2D eigenvalue weighted by molar-refractivity contribution is 0.0946. The Morgan fingerprint density at radius 1 is 1.08 bits per heavy atom. The van der Waals surface area contributed by atoms with Gasteiger partial charge in [0.05, 0.1) is 17.1 Å². The topological polar surface area (TPSA) is 59.3 Å². The van der Waals surface area contributed by atoms with Crippen LogP contribution in [0.25, 0.3) is 15.4 Å². The summed E-state index contributed by atoms with van der Waals surface area (Å²) in [6.07, 6.45) is 5.46. The van der Waals surface area contributed by atoms with Crippen LogP contribution in [0.15, 0.2) is 67.1 Å². The molecule has 0 bridgehead atoms. The van der Waals surface area contributed by atoms with Crippen molar-refractivity contribution in [2.75, 3.05) is 0 Å². The van der Waals surface area contributed by atoms with Crippen LogP contribution in [-0.2, 0) is 6.54 Å². The van der Waals surface area contributed by atoms with Crippen molar-refractivity contribution >= 4 is 22.2 Å². The van der Waals surface area contributed by atoms with Gasteiger partial charge < -0.3 is 5.32 Å². The van der Waals surface area contributed by atoms with E-state index < -0.39 is 0 Å². The molecule has 1 aromatic carbocycles. The maximum atomic E-state index is 12.2. The number of carbonyl (C=O) groups excluding carboxylic acids is 1. The van der Waals surface area contributed by atoms with E-state index in [-0.39, 0.29) is 5.91 Å². The van der Waals surface area contributed by atoms with Gasteiger partial charge in [-0.1, -0.05) is 47.7 Å². The standard InChI is InChI=1S/C18H14N4OS/c23-17(20-10-14-8-4-5-9-19-14)15-11-22-12-16(24-18(22)21-15)13-6-2-1-3-7-13/h1-9,11-12H,10H2,(H,20,23). The summed E-state index contributed by atoms with van der Waals surface area (Å²) >= 11 is 1.56. The Hall–Kier alpha value is -2.99. The highest BCUT2D eigenvalue weighted by molar-refractivity contribution is 7.20. The fraction of sp³-hybridized carbons (Fsp3) is 0.0556. The van der Waals surface area contributed by atoms with E-state index in [1.807, 2.05) is 47.0 Å². The quantitative estimate of drug-likeness (QED) is 0.622. The third-order valence-corrected chi connectivity index (χ3v) is 4.65. The SMILES string of the molecule is O=C(NCc1ccccn1)c1cn2cc(-c3ccccc3)sc2n1. The first-order valence-electron chi connectivity index (χ1n) is 7.52. The largest absolute Gasteiger partial charge is 0.345 e. The zero-order valence-corrected chi connectivity index (χ0v) is 13.5. The number of thiazole rings is 1.